The van der Waals surface area contributed by atoms with Crippen LogP contribution in [0.15, 0.2) is 0 Å². The van der Waals surface area contributed by atoms with Crippen LogP contribution in [0.1, 0.15) is 48.0 Å². The van der Waals surface area contributed by atoms with Crippen LogP contribution in [0.3, 0.4) is 0 Å². The minimum absolute atomic E-state index is 0.0386. The SMILES string of the molecule is C#CC1C[C@H](O[Si](C)(C)C(C)(C)C)[C@@H](CO[Si](C)(C)C(C)(C)C)O1. The van der Waals surface area contributed by atoms with Gasteiger partial charge in [0.15, 0.2) is 16.6 Å². The molecular weight excluding hydrogens is 332 g/mol. The molecule has 0 aliphatic carbocycles. The molecule has 1 aliphatic rings. The van der Waals surface area contributed by atoms with Crippen molar-refractivity contribution in [2.24, 2.45) is 0 Å². The van der Waals surface area contributed by atoms with Crippen molar-refractivity contribution in [3.05, 3.63) is 0 Å². The van der Waals surface area contributed by atoms with Crippen LogP contribution < -0.4 is 0 Å². The van der Waals surface area contributed by atoms with Gasteiger partial charge in [-0.2, -0.15) is 0 Å². The van der Waals surface area contributed by atoms with E-state index >= 15 is 0 Å². The molecule has 0 N–H and O–H groups in total. The van der Waals surface area contributed by atoms with Crippen LogP contribution in [0.25, 0.3) is 0 Å². The molecule has 24 heavy (non-hydrogen) atoms. The molecule has 1 rings (SSSR count). The quantitative estimate of drug-likeness (QED) is 0.492. The zero-order valence-electron chi connectivity index (χ0n) is 17.4. The summed E-state index contributed by atoms with van der Waals surface area (Å²) in [6, 6.07) is 0. The van der Waals surface area contributed by atoms with E-state index in [-0.39, 0.29) is 28.4 Å². The van der Waals surface area contributed by atoms with Crippen LogP contribution >= 0.6 is 0 Å². The zero-order chi connectivity index (χ0) is 19.0. The van der Waals surface area contributed by atoms with Gasteiger partial charge in [-0.1, -0.05) is 47.5 Å². The molecule has 5 heteroatoms. The smallest absolute Gasteiger partial charge is 0.192 e. The summed E-state index contributed by atoms with van der Waals surface area (Å²) in [5.74, 6) is 2.74. The van der Waals surface area contributed by atoms with Gasteiger partial charge >= 0.3 is 0 Å². The molecule has 3 atom stereocenters. The van der Waals surface area contributed by atoms with Gasteiger partial charge in [0.25, 0.3) is 0 Å². The van der Waals surface area contributed by atoms with E-state index in [2.05, 4.69) is 73.7 Å². The lowest BCUT2D eigenvalue weighted by atomic mass is 10.1. The van der Waals surface area contributed by atoms with Crippen molar-refractivity contribution < 1.29 is 13.6 Å². The summed E-state index contributed by atoms with van der Waals surface area (Å²) in [6.45, 7) is 23.2. The molecule has 0 amide bonds. The second-order valence-electron chi connectivity index (χ2n) is 10.1. The molecule has 1 heterocycles. The van der Waals surface area contributed by atoms with Crippen LogP contribution in [0.4, 0.5) is 0 Å². The Morgan fingerprint density at radius 3 is 1.92 bits per heavy atom. The molecule has 0 aromatic rings. The molecule has 140 valence electrons. The van der Waals surface area contributed by atoms with Gasteiger partial charge in [0, 0.05) is 6.42 Å². The Balaban J connectivity index is 2.82. The molecule has 0 saturated carbocycles. The lowest BCUT2D eigenvalue weighted by Gasteiger charge is -2.40. The average Bonchev–Trinajstić information content (AvgIpc) is 2.75. The summed E-state index contributed by atoms with van der Waals surface area (Å²) in [5, 5.41) is 0.360. The van der Waals surface area contributed by atoms with E-state index in [1.165, 1.54) is 0 Å². The van der Waals surface area contributed by atoms with Gasteiger partial charge < -0.3 is 13.6 Å². The van der Waals surface area contributed by atoms with Gasteiger partial charge in [0.05, 0.1) is 12.7 Å². The first-order chi connectivity index (χ1) is 10.6. The summed E-state index contributed by atoms with van der Waals surface area (Å²) in [6.07, 6.45) is 6.20. The van der Waals surface area contributed by atoms with Crippen molar-refractivity contribution in [1.29, 1.82) is 0 Å². The average molecular weight is 371 g/mol. The Bertz CT molecular complexity index is 466. The van der Waals surface area contributed by atoms with Crippen LogP contribution in [-0.2, 0) is 13.6 Å². The minimum Gasteiger partial charge on any atom is -0.414 e. The molecule has 1 saturated heterocycles. The normalized spacial score (nSPS) is 26.5. The molecule has 1 fully saturated rings. The molecule has 3 nitrogen and oxygen atoms in total. The van der Waals surface area contributed by atoms with E-state index in [9.17, 15) is 0 Å². The second kappa shape index (κ2) is 7.24. The van der Waals surface area contributed by atoms with E-state index in [0.717, 1.165) is 6.42 Å². The maximum absolute atomic E-state index is 6.61. The lowest BCUT2D eigenvalue weighted by molar-refractivity contribution is -0.00171. The van der Waals surface area contributed by atoms with Crippen molar-refractivity contribution in [1.82, 2.24) is 0 Å². The number of hydrogen-bond acceptors (Lipinski definition) is 3. The zero-order valence-corrected chi connectivity index (χ0v) is 19.4. The van der Waals surface area contributed by atoms with Gasteiger partial charge in [-0.3, -0.25) is 0 Å². The van der Waals surface area contributed by atoms with E-state index in [0.29, 0.717) is 6.61 Å². The van der Waals surface area contributed by atoms with E-state index in [1.54, 1.807) is 0 Å². The Labute approximate surface area is 152 Å². The fourth-order valence-corrected chi connectivity index (χ4v) is 4.53. The first-order valence-electron chi connectivity index (χ1n) is 9.04. The summed E-state index contributed by atoms with van der Waals surface area (Å²) in [7, 11) is -3.66. The standard InChI is InChI=1S/C19H38O3Si2/c1-12-15-13-16(22-24(10,11)19(5,6)7)17(21-15)14-20-23(8,9)18(2,3)4/h1,15-17H,13-14H2,2-11H3/t15?,16-,17+/m0/s1. The third-order valence-corrected chi connectivity index (χ3v) is 15.1. The summed E-state index contributed by atoms with van der Waals surface area (Å²) in [4.78, 5) is 0. The number of ether oxygens (including phenoxy) is 1. The number of terminal acetylenes is 1. The second-order valence-corrected chi connectivity index (χ2v) is 19.6. The molecule has 1 aliphatic heterocycles. The maximum atomic E-state index is 6.61. The highest BCUT2D eigenvalue weighted by Gasteiger charge is 2.45. The molecule has 0 aromatic carbocycles. The Morgan fingerprint density at radius 1 is 1.00 bits per heavy atom. The van der Waals surface area contributed by atoms with Gasteiger partial charge in [-0.15, -0.1) is 6.42 Å². The fourth-order valence-electron chi connectivity index (χ4n) is 2.16. The van der Waals surface area contributed by atoms with Gasteiger partial charge in [-0.25, -0.2) is 0 Å². The highest BCUT2D eigenvalue weighted by molar-refractivity contribution is 6.74. The summed E-state index contributed by atoms with van der Waals surface area (Å²) in [5.41, 5.74) is 0. The summed E-state index contributed by atoms with van der Waals surface area (Å²) >= 11 is 0. The van der Waals surface area contributed by atoms with Crippen LogP contribution in [0.5, 0.6) is 0 Å². The van der Waals surface area contributed by atoms with Crippen LogP contribution in [0, 0.1) is 12.3 Å². The Hall–Kier alpha value is -0.126. The van der Waals surface area contributed by atoms with Crippen molar-refractivity contribution in [3.8, 4) is 12.3 Å². The van der Waals surface area contributed by atoms with Crippen molar-refractivity contribution in [2.75, 3.05) is 6.61 Å². The minimum atomic E-state index is -1.86. The van der Waals surface area contributed by atoms with Crippen molar-refractivity contribution in [3.63, 3.8) is 0 Å². The summed E-state index contributed by atoms with van der Waals surface area (Å²) < 4.78 is 19.0. The van der Waals surface area contributed by atoms with E-state index < -0.39 is 16.6 Å². The molecular formula is C19H38O3Si2. The van der Waals surface area contributed by atoms with E-state index in [1.807, 2.05) is 0 Å². The molecule has 0 spiro atoms. The highest BCUT2D eigenvalue weighted by atomic mass is 28.4. The molecule has 1 unspecified atom stereocenters. The fraction of sp³-hybridized carbons (Fsp3) is 0.895. The third-order valence-electron chi connectivity index (χ3n) is 6.05. The topological polar surface area (TPSA) is 27.7 Å². The number of rotatable bonds is 5. The predicted octanol–water partition coefficient (Wildman–Crippen LogP) is 5.19. The van der Waals surface area contributed by atoms with Gasteiger partial charge in [-0.05, 0) is 36.3 Å². The third kappa shape index (κ3) is 5.18. The monoisotopic (exact) mass is 370 g/mol. The van der Waals surface area contributed by atoms with Crippen molar-refractivity contribution in [2.45, 2.75) is 103 Å². The maximum Gasteiger partial charge on any atom is 0.192 e. The van der Waals surface area contributed by atoms with Crippen molar-refractivity contribution >= 4 is 16.6 Å². The lowest BCUT2D eigenvalue weighted by Crippen LogP contribution is -2.48. The Morgan fingerprint density at radius 2 is 1.50 bits per heavy atom. The van der Waals surface area contributed by atoms with Crippen LogP contribution in [-0.4, -0.2) is 41.6 Å². The Kier molecular flexibility index (Phi) is 6.61. The van der Waals surface area contributed by atoms with Gasteiger partial charge in [0.2, 0.25) is 0 Å². The molecule has 0 radical (unpaired) electrons. The first-order valence-corrected chi connectivity index (χ1v) is 14.9. The van der Waals surface area contributed by atoms with E-state index in [4.69, 9.17) is 20.0 Å². The van der Waals surface area contributed by atoms with Crippen LogP contribution in [0.2, 0.25) is 36.3 Å². The van der Waals surface area contributed by atoms with Gasteiger partial charge in [0.1, 0.15) is 12.2 Å². The first kappa shape index (κ1) is 21.9. The molecule has 0 bridgehead atoms. The largest absolute Gasteiger partial charge is 0.414 e. The number of hydrogen-bond donors (Lipinski definition) is 0. The highest BCUT2D eigenvalue weighted by Crippen LogP contribution is 2.40. The molecule has 0 aromatic heterocycles. The predicted molar refractivity (Wildman–Crippen MR) is 107 cm³/mol.